The summed E-state index contributed by atoms with van der Waals surface area (Å²) < 4.78 is 5.60. The van der Waals surface area contributed by atoms with Crippen molar-refractivity contribution in [2.75, 3.05) is 26.8 Å². The third-order valence-corrected chi connectivity index (χ3v) is 5.39. The number of halogens is 2. The lowest BCUT2D eigenvalue weighted by atomic mass is 9.74. The Morgan fingerprint density at radius 3 is 2.56 bits per heavy atom. The summed E-state index contributed by atoms with van der Waals surface area (Å²) in [6.45, 7) is 2.34. The number of benzene rings is 1. The first-order chi connectivity index (χ1) is 11.7. The van der Waals surface area contributed by atoms with Gasteiger partial charge in [0.05, 0.1) is 0 Å². The van der Waals surface area contributed by atoms with Crippen LogP contribution < -0.4 is 10.6 Å². The molecule has 0 bridgehead atoms. The molecule has 0 atom stereocenters. The van der Waals surface area contributed by atoms with Crippen LogP contribution in [0, 0.1) is 0 Å². The molecule has 1 fully saturated rings. The second-order valence-electron chi connectivity index (χ2n) is 6.58. The largest absolute Gasteiger partial charge is 0.381 e. The molecule has 1 aliphatic heterocycles. The van der Waals surface area contributed by atoms with Crippen molar-refractivity contribution < 1.29 is 4.74 Å². The highest BCUT2D eigenvalue weighted by Gasteiger charge is 2.36. The normalized spacial score (nSPS) is 20.2. The number of hydrogen-bond donors (Lipinski definition) is 2. The third kappa shape index (κ3) is 5.11. The Hall–Kier alpha value is -0.790. The summed E-state index contributed by atoms with van der Waals surface area (Å²) in [4.78, 5) is 4.39. The summed E-state index contributed by atoms with van der Waals surface area (Å²) in [6, 6.07) is 8.62. The van der Waals surface area contributed by atoms with E-state index in [1.54, 1.807) is 0 Å². The summed E-state index contributed by atoms with van der Waals surface area (Å²) in [5.41, 5.74) is 1.20. The van der Waals surface area contributed by atoms with Crippen molar-refractivity contribution in [2.45, 2.75) is 37.1 Å². The first-order valence-electron chi connectivity index (χ1n) is 8.68. The molecule has 25 heavy (non-hydrogen) atoms. The quantitative estimate of drug-likeness (QED) is 0.301. The number of ether oxygens (including phenoxy) is 1. The van der Waals surface area contributed by atoms with E-state index in [4.69, 9.17) is 16.3 Å². The minimum Gasteiger partial charge on any atom is -0.381 e. The molecule has 1 saturated heterocycles. The van der Waals surface area contributed by atoms with Gasteiger partial charge in [-0.2, -0.15) is 0 Å². The summed E-state index contributed by atoms with van der Waals surface area (Å²) in [5.74, 6) is 0.863. The fourth-order valence-electron chi connectivity index (χ4n) is 3.57. The van der Waals surface area contributed by atoms with Crippen molar-refractivity contribution in [3.05, 3.63) is 47.0 Å². The Labute approximate surface area is 172 Å². The summed E-state index contributed by atoms with van der Waals surface area (Å²) in [5, 5.41) is 7.87. The van der Waals surface area contributed by atoms with Gasteiger partial charge < -0.3 is 15.4 Å². The van der Waals surface area contributed by atoms with Gasteiger partial charge in [-0.1, -0.05) is 42.0 Å². The van der Waals surface area contributed by atoms with Crippen molar-refractivity contribution >= 4 is 41.5 Å². The molecule has 0 radical (unpaired) electrons. The van der Waals surface area contributed by atoms with Crippen molar-refractivity contribution in [2.24, 2.45) is 4.99 Å². The Kier molecular flexibility index (Phi) is 8.03. The van der Waals surface area contributed by atoms with Crippen molar-refractivity contribution in [1.82, 2.24) is 10.6 Å². The van der Waals surface area contributed by atoms with Crippen LogP contribution in [0.15, 0.2) is 41.4 Å². The Balaban J connectivity index is 0.00000225. The number of nitrogens with one attached hydrogen (secondary N) is 2. The van der Waals surface area contributed by atoms with E-state index in [1.165, 1.54) is 5.56 Å². The molecular weight excluding hydrogens is 449 g/mol. The van der Waals surface area contributed by atoms with E-state index in [1.807, 2.05) is 19.2 Å². The van der Waals surface area contributed by atoms with Crippen LogP contribution in [-0.2, 0) is 10.2 Å². The molecule has 0 aromatic heterocycles. The summed E-state index contributed by atoms with van der Waals surface area (Å²) in [7, 11) is 1.82. The highest BCUT2D eigenvalue weighted by atomic mass is 127. The van der Waals surface area contributed by atoms with Crippen LogP contribution in [0.2, 0.25) is 5.02 Å². The van der Waals surface area contributed by atoms with E-state index in [0.717, 1.165) is 56.4 Å². The van der Waals surface area contributed by atoms with Crippen molar-refractivity contribution in [3.63, 3.8) is 0 Å². The molecule has 1 aliphatic carbocycles. The second kappa shape index (κ2) is 9.78. The fourth-order valence-corrected chi connectivity index (χ4v) is 3.91. The lowest BCUT2D eigenvalue weighted by Gasteiger charge is -2.39. The number of guanidine groups is 1. The average molecular weight is 476 g/mol. The van der Waals surface area contributed by atoms with Crippen LogP contribution in [0.1, 0.15) is 31.2 Å². The lowest BCUT2D eigenvalue weighted by Crippen LogP contribution is -2.49. The molecule has 0 unspecified atom stereocenters. The fraction of sp³-hybridized carbons (Fsp3) is 0.526. The molecule has 3 rings (SSSR count). The van der Waals surface area contributed by atoms with E-state index in [9.17, 15) is 0 Å². The zero-order chi connectivity index (χ0) is 16.8. The standard InChI is InChI=1S/C19H26ClN3O.HI/c1-21-18(23-15-6-2-3-7-15)22-14-19(10-12-24-13-11-19)16-8-4-5-9-17(16)20;/h2-5,8-9,15H,6-7,10-14H2,1H3,(H2,21,22,23);1H. The van der Waals surface area contributed by atoms with Crippen molar-refractivity contribution in [3.8, 4) is 0 Å². The van der Waals surface area contributed by atoms with E-state index in [2.05, 4.69) is 39.9 Å². The van der Waals surface area contributed by atoms with Crippen LogP contribution in [0.3, 0.4) is 0 Å². The molecular formula is C19H27ClIN3O. The topological polar surface area (TPSA) is 45.7 Å². The number of nitrogens with zero attached hydrogens (tertiary/aromatic N) is 1. The van der Waals surface area contributed by atoms with E-state index < -0.39 is 0 Å². The van der Waals surface area contributed by atoms with Gasteiger partial charge in [-0.3, -0.25) is 4.99 Å². The molecule has 0 amide bonds. The van der Waals surface area contributed by atoms with E-state index in [-0.39, 0.29) is 29.4 Å². The molecule has 0 spiro atoms. The van der Waals surface area contributed by atoms with E-state index >= 15 is 0 Å². The first-order valence-corrected chi connectivity index (χ1v) is 9.06. The highest BCUT2D eigenvalue weighted by Crippen LogP contribution is 2.38. The van der Waals surface area contributed by atoms with Gasteiger partial charge in [0.1, 0.15) is 0 Å². The lowest BCUT2D eigenvalue weighted by molar-refractivity contribution is 0.0514. The predicted molar refractivity (Wildman–Crippen MR) is 115 cm³/mol. The SMILES string of the molecule is CN=C(NCC1(c2ccccc2Cl)CCOCC1)NC1CC=CC1.I. The maximum Gasteiger partial charge on any atom is 0.191 e. The molecule has 2 N–H and O–H groups in total. The highest BCUT2D eigenvalue weighted by molar-refractivity contribution is 14.0. The molecule has 1 heterocycles. The Morgan fingerprint density at radius 1 is 1.24 bits per heavy atom. The zero-order valence-electron chi connectivity index (χ0n) is 14.6. The molecule has 1 aromatic rings. The molecule has 0 saturated carbocycles. The maximum absolute atomic E-state index is 6.51. The minimum atomic E-state index is -0.0118. The summed E-state index contributed by atoms with van der Waals surface area (Å²) >= 11 is 6.51. The van der Waals surface area contributed by atoms with Gasteiger partial charge in [0.15, 0.2) is 5.96 Å². The molecule has 6 heteroatoms. The molecule has 4 nitrogen and oxygen atoms in total. The monoisotopic (exact) mass is 475 g/mol. The number of rotatable bonds is 4. The smallest absolute Gasteiger partial charge is 0.191 e. The van der Waals surface area contributed by atoms with Crippen LogP contribution in [-0.4, -0.2) is 38.8 Å². The van der Waals surface area contributed by atoms with E-state index in [0.29, 0.717) is 6.04 Å². The maximum atomic E-state index is 6.51. The van der Waals surface area contributed by atoms with Gasteiger partial charge >= 0.3 is 0 Å². The van der Waals surface area contributed by atoms with Gasteiger partial charge in [0.25, 0.3) is 0 Å². The zero-order valence-corrected chi connectivity index (χ0v) is 17.7. The minimum absolute atomic E-state index is 0. The average Bonchev–Trinajstić information content (AvgIpc) is 3.13. The second-order valence-corrected chi connectivity index (χ2v) is 6.99. The number of aliphatic imine (C=N–C) groups is 1. The molecule has 2 aliphatic rings. The first kappa shape index (κ1) is 20.5. The van der Waals surface area contributed by atoms with Gasteiger partial charge in [-0.15, -0.1) is 24.0 Å². The Morgan fingerprint density at radius 2 is 1.92 bits per heavy atom. The van der Waals surface area contributed by atoms with Crippen LogP contribution in [0.4, 0.5) is 0 Å². The Bertz CT molecular complexity index is 606. The summed E-state index contributed by atoms with van der Waals surface area (Å²) in [6.07, 6.45) is 8.48. The third-order valence-electron chi connectivity index (χ3n) is 5.06. The predicted octanol–water partition coefficient (Wildman–Crippen LogP) is 3.89. The van der Waals surface area contributed by atoms with Crippen LogP contribution in [0.5, 0.6) is 0 Å². The van der Waals surface area contributed by atoms with Gasteiger partial charge in [-0.25, -0.2) is 0 Å². The van der Waals surface area contributed by atoms with Crippen LogP contribution in [0.25, 0.3) is 0 Å². The van der Waals surface area contributed by atoms with Gasteiger partial charge in [0.2, 0.25) is 0 Å². The van der Waals surface area contributed by atoms with Crippen molar-refractivity contribution in [1.29, 1.82) is 0 Å². The molecule has 138 valence electrons. The molecule has 1 aromatic carbocycles. The van der Waals surface area contributed by atoms with Crippen LogP contribution >= 0.6 is 35.6 Å². The van der Waals surface area contributed by atoms with Gasteiger partial charge in [-0.05, 0) is 37.3 Å². The van der Waals surface area contributed by atoms with Gasteiger partial charge in [0, 0.05) is 43.3 Å². The number of hydrogen-bond acceptors (Lipinski definition) is 2.